The number of benzene rings is 2. The molecular weight excluding hydrogens is 452 g/mol. The highest BCUT2D eigenvalue weighted by molar-refractivity contribution is 8.01. The largest absolute Gasteiger partial charge is 0.356 e. The summed E-state index contributed by atoms with van der Waals surface area (Å²) in [6, 6.07) is 22.0. The molecule has 2 N–H and O–H groups in total. The first-order valence-corrected chi connectivity index (χ1v) is 12.1. The van der Waals surface area contributed by atoms with Crippen LogP contribution in [0.1, 0.15) is 22.4 Å². The average Bonchev–Trinajstić information content (AvgIpc) is 3.39. The molecule has 0 atom stereocenters. The molecule has 0 saturated heterocycles. The van der Waals surface area contributed by atoms with Gasteiger partial charge in [-0.3, -0.25) is 9.36 Å². The van der Waals surface area contributed by atoms with E-state index in [1.54, 1.807) is 0 Å². The fourth-order valence-electron chi connectivity index (χ4n) is 3.37. The highest BCUT2D eigenvalue weighted by Gasteiger charge is 2.21. The van der Waals surface area contributed by atoms with E-state index in [0.717, 1.165) is 22.5 Å². The van der Waals surface area contributed by atoms with E-state index in [1.807, 2.05) is 79.1 Å². The summed E-state index contributed by atoms with van der Waals surface area (Å²) in [7, 11) is 0. The van der Waals surface area contributed by atoms with Crippen molar-refractivity contribution in [2.75, 3.05) is 16.4 Å². The van der Waals surface area contributed by atoms with E-state index < -0.39 is 0 Å². The van der Waals surface area contributed by atoms with Gasteiger partial charge in [-0.2, -0.15) is 5.26 Å². The molecule has 166 valence electrons. The number of nitrogens with one attached hydrogen (secondary N) is 2. The van der Waals surface area contributed by atoms with Gasteiger partial charge in [-0.25, -0.2) is 0 Å². The summed E-state index contributed by atoms with van der Waals surface area (Å²) in [5.41, 5.74) is 4.28. The van der Waals surface area contributed by atoms with Crippen molar-refractivity contribution in [1.82, 2.24) is 14.8 Å². The predicted molar refractivity (Wildman–Crippen MR) is 133 cm³/mol. The van der Waals surface area contributed by atoms with E-state index in [9.17, 15) is 10.1 Å². The zero-order chi connectivity index (χ0) is 23.2. The van der Waals surface area contributed by atoms with Gasteiger partial charge in [0, 0.05) is 17.9 Å². The Morgan fingerprint density at radius 3 is 2.48 bits per heavy atom. The molecule has 7 nitrogen and oxygen atoms in total. The van der Waals surface area contributed by atoms with Crippen LogP contribution in [0.5, 0.6) is 0 Å². The van der Waals surface area contributed by atoms with Gasteiger partial charge in [0.25, 0.3) is 0 Å². The number of amides is 1. The van der Waals surface area contributed by atoms with E-state index in [0.29, 0.717) is 27.4 Å². The van der Waals surface area contributed by atoms with E-state index >= 15 is 0 Å². The minimum Gasteiger partial charge on any atom is -0.356 e. The van der Waals surface area contributed by atoms with Gasteiger partial charge >= 0.3 is 0 Å². The SMILES string of the molecule is Cc1c(C#N)c(NC(=O)CSc2nnc(NCc3ccccc3)s2)n(-c2ccccc2)c1C. The Morgan fingerprint density at radius 1 is 1.09 bits per heavy atom. The van der Waals surface area contributed by atoms with Gasteiger partial charge in [0.2, 0.25) is 11.0 Å². The summed E-state index contributed by atoms with van der Waals surface area (Å²) in [6.45, 7) is 4.49. The van der Waals surface area contributed by atoms with Crippen LogP contribution in [0.3, 0.4) is 0 Å². The van der Waals surface area contributed by atoms with Crippen LogP contribution in [-0.2, 0) is 11.3 Å². The monoisotopic (exact) mass is 474 g/mol. The van der Waals surface area contributed by atoms with E-state index in [-0.39, 0.29) is 11.7 Å². The smallest absolute Gasteiger partial charge is 0.235 e. The van der Waals surface area contributed by atoms with Crippen molar-refractivity contribution in [1.29, 1.82) is 5.26 Å². The summed E-state index contributed by atoms with van der Waals surface area (Å²) in [6.07, 6.45) is 0. The molecule has 4 rings (SSSR count). The van der Waals surface area contributed by atoms with Gasteiger partial charge in [0.05, 0.1) is 11.3 Å². The van der Waals surface area contributed by atoms with Crippen LogP contribution in [0.4, 0.5) is 10.9 Å². The standard InChI is InChI=1S/C24H22N6OS2/c1-16-17(2)30(19-11-7-4-8-12-19)22(20(16)13-25)27-21(31)15-32-24-29-28-23(33-24)26-14-18-9-5-3-6-10-18/h3-12H,14-15H2,1-2H3,(H,26,28)(H,27,31). The number of carbonyl (C=O) groups is 1. The number of anilines is 2. The molecular formula is C24H22N6OS2. The van der Waals surface area contributed by atoms with Gasteiger partial charge < -0.3 is 10.6 Å². The first-order valence-electron chi connectivity index (χ1n) is 10.3. The number of rotatable bonds is 8. The summed E-state index contributed by atoms with van der Waals surface area (Å²) in [4.78, 5) is 12.8. The Hall–Kier alpha value is -3.61. The van der Waals surface area contributed by atoms with Crippen molar-refractivity contribution in [2.45, 2.75) is 24.7 Å². The highest BCUT2D eigenvalue weighted by Crippen LogP contribution is 2.31. The lowest BCUT2D eigenvalue weighted by atomic mass is 10.2. The van der Waals surface area contributed by atoms with E-state index in [2.05, 4.69) is 26.9 Å². The number of nitrogens with zero attached hydrogens (tertiary/aromatic N) is 4. The molecule has 0 aliphatic rings. The lowest BCUT2D eigenvalue weighted by Gasteiger charge is -2.13. The molecule has 2 heterocycles. The van der Waals surface area contributed by atoms with Crippen LogP contribution >= 0.6 is 23.1 Å². The van der Waals surface area contributed by atoms with Crippen molar-refractivity contribution < 1.29 is 4.79 Å². The molecule has 1 amide bonds. The summed E-state index contributed by atoms with van der Waals surface area (Å²) in [5, 5.41) is 24.9. The summed E-state index contributed by atoms with van der Waals surface area (Å²) in [5.74, 6) is 0.447. The number of nitriles is 1. The van der Waals surface area contributed by atoms with Crippen molar-refractivity contribution in [2.24, 2.45) is 0 Å². The second kappa shape index (κ2) is 10.3. The number of para-hydroxylation sites is 1. The van der Waals surface area contributed by atoms with Crippen LogP contribution < -0.4 is 10.6 Å². The molecule has 0 unspecified atom stereocenters. The molecule has 0 bridgehead atoms. The molecule has 0 saturated carbocycles. The molecule has 0 radical (unpaired) electrons. The third kappa shape index (κ3) is 5.25. The predicted octanol–water partition coefficient (Wildman–Crippen LogP) is 5.16. The van der Waals surface area contributed by atoms with Crippen LogP contribution in [0.25, 0.3) is 5.69 Å². The Kier molecular flexibility index (Phi) is 7.07. The Morgan fingerprint density at radius 2 is 1.79 bits per heavy atom. The Bertz CT molecular complexity index is 1290. The highest BCUT2D eigenvalue weighted by atomic mass is 32.2. The maximum absolute atomic E-state index is 12.8. The molecule has 0 fully saturated rings. The van der Waals surface area contributed by atoms with Gasteiger partial charge in [0.1, 0.15) is 11.9 Å². The normalized spacial score (nSPS) is 10.6. The molecule has 2 aromatic heterocycles. The van der Waals surface area contributed by atoms with Gasteiger partial charge in [-0.15, -0.1) is 10.2 Å². The maximum atomic E-state index is 12.8. The van der Waals surface area contributed by atoms with Crippen LogP contribution in [-0.4, -0.2) is 26.4 Å². The Balaban J connectivity index is 1.41. The lowest BCUT2D eigenvalue weighted by Crippen LogP contribution is -2.17. The molecule has 4 aromatic rings. The molecule has 9 heteroatoms. The zero-order valence-corrected chi connectivity index (χ0v) is 19.8. The number of carbonyl (C=O) groups excluding carboxylic acids is 1. The summed E-state index contributed by atoms with van der Waals surface area (Å²) < 4.78 is 2.61. The van der Waals surface area contributed by atoms with Gasteiger partial charge in [0.15, 0.2) is 4.34 Å². The van der Waals surface area contributed by atoms with Crippen LogP contribution in [0.15, 0.2) is 65.0 Å². The number of thioether (sulfide) groups is 1. The zero-order valence-electron chi connectivity index (χ0n) is 18.2. The topological polar surface area (TPSA) is 95.6 Å². The van der Waals surface area contributed by atoms with E-state index in [4.69, 9.17) is 0 Å². The number of hydrogen-bond acceptors (Lipinski definition) is 7. The first kappa shape index (κ1) is 22.6. The second-order valence-electron chi connectivity index (χ2n) is 7.27. The molecule has 33 heavy (non-hydrogen) atoms. The average molecular weight is 475 g/mol. The fourth-order valence-corrected chi connectivity index (χ4v) is 4.92. The molecule has 0 aliphatic heterocycles. The van der Waals surface area contributed by atoms with Gasteiger partial charge in [-0.1, -0.05) is 71.6 Å². The van der Waals surface area contributed by atoms with Gasteiger partial charge in [-0.05, 0) is 37.1 Å². The molecule has 0 aliphatic carbocycles. The maximum Gasteiger partial charge on any atom is 0.235 e. The first-order chi connectivity index (χ1) is 16.1. The van der Waals surface area contributed by atoms with E-state index in [1.165, 1.54) is 23.1 Å². The second-order valence-corrected chi connectivity index (χ2v) is 9.47. The van der Waals surface area contributed by atoms with Crippen LogP contribution in [0, 0.1) is 25.2 Å². The van der Waals surface area contributed by atoms with Crippen molar-refractivity contribution in [3.8, 4) is 11.8 Å². The number of aromatic nitrogens is 3. The molecule has 0 spiro atoms. The van der Waals surface area contributed by atoms with Crippen LogP contribution in [0.2, 0.25) is 0 Å². The minimum atomic E-state index is -0.208. The van der Waals surface area contributed by atoms with Crippen molar-refractivity contribution >= 4 is 40.0 Å². The quantitative estimate of drug-likeness (QED) is 0.343. The minimum absolute atomic E-state index is 0.163. The molecule has 2 aromatic carbocycles. The lowest BCUT2D eigenvalue weighted by molar-refractivity contribution is -0.113. The third-order valence-electron chi connectivity index (χ3n) is 5.12. The van der Waals surface area contributed by atoms with Crippen molar-refractivity contribution in [3.05, 3.63) is 83.0 Å². The van der Waals surface area contributed by atoms with Crippen molar-refractivity contribution in [3.63, 3.8) is 0 Å². The fraction of sp³-hybridized carbons (Fsp3) is 0.167. The number of hydrogen-bond donors (Lipinski definition) is 2. The summed E-state index contributed by atoms with van der Waals surface area (Å²) >= 11 is 2.72. The third-order valence-corrected chi connectivity index (χ3v) is 7.13. The Labute approximate surface area is 200 Å².